The number of likely N-dealkylation sites (N-methyl/N-ethyl adjacent to an activating group) is 1. The van der Waals surface area contributed by atoms with Crippen LogP contribution in [0.4, 0.5) is 0 Å². The van der Waals surface area contributed by atoms with Crippen molar-refractivity contribution in [1.82, 2.24) is 40.1 Å². The van der Waals surface area contributed by atoms with Crippen molar-refractivity contribution in [3.05, 3.63) is 63.0 Å². The highest BCUT2D eigenvalue weighted by atomic mass is 32.1. The highest BCUT2D eigenvalue weighted by Crippen LogP contribution is 2.57. The number of amides is 4. The summed E-state index contributed by atoms with van der Waals surface area (Å²) in [6.45, 7) is 8.85. The maximum atomic E-state index is 14.9. The summed E-state index contributed by atoms with van der Waals surface area (Å²) in [6, 6.07) is 1.39. The number of pyridine rings is 1. The molecule has 2 N–H and O–H groups in total. The zero-order valence-corrected chi connectivity index (χ0v) is 39.9. The number of thiazole rings is 1. The highest BCUT2D eigenvalue weighted by Gasteiger charge is 2.49. The van der Waals surface area contributed by atoms with Crippen LogP contribution in [0.15, 0.2) is 29.8 Å². The molecule has 3 aromatic heterocycles. The number of cyclic esters (lactones) is 1. The molecule has 3 aliphatic heterocycles. The lowest BCUT2D eigenvalue weighted by Gasteiger charge is -2.43. The summed E-state index contributed by atoms with van der Waals surface area (Å²) in [5.74, 6) is 2.47. The molecular weight excluding hydrogens is 857 g/mol. The Labute approximate surface area is 391 Å². The van der Waals surface area contributed by atoms with Gasteiger partial charge < -0.3 is 29.2 Å². The number of likely N-dealkylation sites (tertiary alicyclic amines) is 1. The Kier molecular flexibility index (Phi) is 12.7. The second-order valence-electron chi connectivity index (χ2n) is 19.9. The molecule has 3 aliphatic carbocycles. The standard InChI is InChI=1S/C50H62N8O7S/c1-8-13-39(59)57-24-28(2)33(25-57)47(61)56(6)43(29-14-9-10-15-29)46(60)53-35-23-38-52-36(26-66-38)30-18-19-37-32(22-30)40-41(45(64-7)42-31(16-11-20-51-42)44(40)55(37)5)50(3,4)27-65-49(63)34-17-12-21-58(54-34)48(35)62/h11,16,18-20,26,28-30,33-35,41,43,45,54H,9-10,12,14-15,17,21-25,27H2,1-7H3,(H,53,60)/t28-,30?,33+,34-,35-,41?,43-,45-/m0/s1. The first-order valence-electron chi connectivity index (χ1n) is 23.6. The van der Waals surface area contributed by atoms with E-state index in [1.807, 2.05) is 13.0 Å². The summed E-state index contributed by atoms with van der Waals surface area (Å²) in [7, 11) is 5.49. The number of carbonyl (C=O) groups is 5. The molecule has 15 nitrogen and oxygen atoms in total. The molecule has 4 amide bonds. The van der Waals surface area contributed by atoms with E-state index in [-0.39, 0.29) is 55.1 Å². The van der Waals surface area contributed by atoms with Crippen molar-refractivity contribution in [2.24, 2.45) is 30.2 Å². The Morgan fingerprint density at radius 1 is 1.12 bits per heavy atom. The minimum atomic E-state index is -1.05. The molecule has 0 radical (unpaired) electrons. The van der Waals surface area contributed by atoms with Crippen LogP contribution in [-0.2, 0) is 53.3 Å². The van der Waals surface area contributed by atoms with Crippen LogP contribution in [0, 0.1) is 35.0 Å². The number of hydrazine groups is 1. The molecule has 6 bridgehead atoms. The molecule has 2 unspecified atom stereocenters. The van der Waals surface area contributed by atoms with Gasteiger partial charge in [-0.25, -0.2) is 10.4 Å². The number of ether oxygens (including phenoxy) is 2. The number of allylic oxidation sites excluding steroid dienone is 1. The lowest BCUT2D eigenvalue weighted by atomic mass is 9.66. The summed E-state index contributed by atoms with van der Waals surface area (Å²) < 4.78 is 14.8. The summed E-state index contributed by atoms with van der Waals surface area (Å²) >= 11 is 1.46. The van der Waals surface area contributed by atoms with E-state index in [2.05, 4.69) is 71.6 Å². The Balaban J connectivity index is 1.05. The fraction of sp³-hybridized carbons (Fsp3) is 0.580. The molecule has 16 heteroatoms. The summed E-state index contributed by atoms with van der Waals surface area (Å²) in [6.07, 6.45) is 11.0. The van der Waals surface area contributed by atoms with Crippen molar-refractivity contribution in [1.29, 1.82) is 0 Å². The van der Waals surface area contributed by atoms with Crippen LogP contribution < -0.4 is 10.7 Å². The van der Waals surface area contributed by atoms with Gasteiger partial charge in [-0.15, -0.1) is 11.3 Å². The Morgan fingerprint density at radius 2 is 1.91 bits per heavy atom. The van der Waals surface area contributed by atoms with E-state index in [0.29, 0.717) is 37.4 Å². The van der Waals surface area contributed by atoms with Gasteiger partial charge in [0.25, 0.3) is 11.8 Å². The number of methoxy groups -OCH3 is 1. The van der Waals surface area contributed by atoms with Crippen LogP contribution in [0.2, 0.25) is 0 Å². The van der Waals surface area contributed by atoms with E-state index in [0.717, 1.165) is 54.0 Å². The van der Waals surface area contributed by atoms with Crippen molar-refractivity contribution >= 4 is 47.0 Å². The van der Waals surface area contributed by atoms with E-state index in [1.165, 1.54) is 27.5 Å². The SMILES string of the molecule is CC#CC(=O)N1C[C@H](C)[C@H](C(=O)N(C)[C@H](C(=O)N[C@H]2Cc3nc(cs3)C3C=Cc4c(c5c(n4C)-c4cccnc4[C@@H](OC)C5C(C)(C)COC(=O)[C@@H]4CCCN(N4)C2=O)C3)C2CCCC2)C1. The maximum Gasteiger partial charge on any atom is 0.324 e. The number of aromatic nitrogens is 3. The van der Waals surface area contributed by atoms with Crippen molar-refractivity contribution in [3.8, 4) is 23.1 Å². The first-order valence-corrected chi connectivity index (χ1v) is 24.4. The van der Waals surface area contributed by atoms with Gasteiger partial charge >= 0.3 is 5.97 Å². The van der Waals surface area contributed by atoms with Crippen LogP contribution in [0.5, 0.6) is 0 Å². The van der Waals surface area contributed by atoms with Crippen LogP contribution in [0.3, 0.4) is 0 Å². The quantitative estimate of drug-likeness (QED) is 0.256. The molecule has 0 spiro atoms. The lowest BCUT2D eigenvalue weighted by Crippen LogP contribution is -2.62. The zero-order valence-electron chi connectivity index (χ0n) is 39.1. The number of esters is 1. The van der Waals surface area contributed by atoms with Gasteiger partial charge in [-0.2, -0.15) is 0 Å². The third-order valence-electron chi connectivity index (χ3n) is 15.2. The summed E-state index contributed by atoms with van der Waals surface area (Å²) in [5, 5.41) is 7.33. The normalized spacial score (nSPS) is 27.5. The zero-order chi connectivity index (χ0) is 46.6. The van der Waals surface area contributed by atoms with E-state index in [4.69, 9.17) is 19.4 Å². The van der Waals surface area contributed by atoms with Gasteiger partial charge in [-0.3, -0.25) is 34.0 Å². The average molecular weight is 919 g/mol. The van der Waals surface area contributed by atoms with Gasteiger partial charge in [0.15, 0.2) is 0 Å². The molecule has 350 valence electrons. The predicted molar refractivity (Wildman–Crippen MR) is 248 cm³/mol. The molecule has 3 fully saturated rings. The average Bonchev–Trinajstić information content (AvgIpc) is 4.15. The second kappa shape index (κ2) is 18.4. The van der Waals surface area contributed by atoms with Gasteiger partial charge in [0.05, 0.1) is 34.6 Å². The third kappa shape index (κ3) is 8.25. The molecule has 6 heterocycles. The Hall–Kier alpha value is -5.37. The van der Waals surface area contributed by atoms with E-state index in [1.54, 1.807) is 37.1 Å². The Bertz CT molecular complexity index is 2510. The fourth-order valence-corrected chi connectivity index (χ4v) is 12.7. The largest absolute Gasteiger partial charge is 0.464 e. The van der Waals surface area contributed by atoms with Gasteiger partial charge in [-0.1, -0.05) is 45.6 Å². The summed E-state index contributed by atoms with van der Waals surface area (Å²) in [5.41, 5.74) is 9.87. The number of hydrogen-bond acceptors (Lipinski definition) is 11. The first-order chi connectivity index (χ1) is 31.7. The van der Waals surface area contributed by atoms with Crippen LogP contribution in [0.25, 0.3) is 17.3 Å². The molecule has 66 heavy (non-hydrogen) atoms. The summed E-state index contributed by atoms with van der Waals surface area (Å²) in [4.78, 5) is 84.1. The number of fused-ring (bicyclic) bond motifs is 8. The Morgan fingerprint density at radius 3 is 2.67 bits per heavy atom. The lowest BCUT2D eigenvalue weighted by molar-refractivity contribution is -0.156. The molecule has 8 atom stereocenters. The van der Waals surface area contributed by atoms with Gasteiger partial charge in [0.1, 0.15) is 24.2 Å². The van der Waals surface area contributed by atoms with Gasteiger partial charge in [0.2, 0.25) is 11.8 Å². The second-order valence-corrected chi connectivity index (χ2v) is 20.8. The third-order valence-corrected chi connectivity index (χ3v) is 16.1. The van der Waals surface area contributed by atoms with E-state index < -0.39 is 53.3 Å². The number of nitrogens with one attached hydrogen (secondary N) is 2. The van der Waals surface area contributed by atoms with Crippen LogP contribution >= 0.6 is 11.3 Å². The minimum Gasteiger partial charge on any atom is -0.464 e. The number of hydrogen-bond donors (Lipinski definition) is 2. The van der Waals surface area contributed by atoms with Crippen LogP contribution in [-0.4, -0.2) is 117 Å². The molecule has 1 saturated carbocycles. The molecular formula is C50H62N8O7S. The van der Waals surface area contributed by atoms with Crippen molar-refractivity contribution in [2.75, 3.05) is 40.4 Å². The molecule has 3 aromatic rings. The van der Waals surface area contributed by atoms with Crippen molar-refractivity contribution in [3.63, 3.8) is 0 Å². The molecule has 9 rings (SSSR count). The molecule has 2 saturated heterocycles. The first kappa shape index (κ1) is 45.8. The van der Waals surface area contributed by atoms with Crippen LogP contribution in [0.1, 0.15) is 117 Å². The monoisotopic (exact) mass is 918 g/mol. The number of rotatable bonds is 6. The van der Waals surface area contributed by atoms with Crippen molar-refractivity contribution < 1.29 is 33.4 Å². The predicted octanol–water partition coefficient (Wildman–Crippen LogP) is 4.92. The molecule has 0 aromatic carbocycles. The maximum absolute atomic E-state index is 14.9. The van der Waals surface area contributed by atoms with Gasteiger partial charge in [-0.05, 0) is 86.1 Å². The molecule has 6 aliphatic rings. The number of carbonyl (C=O) groups excluding carboxylic acids is 5. The highest BCUT2D eigenvalue weighted by molar-refractivity contribution is 7.09. The van der Waals surface area contributed by atoms with E-state index in [9.17, 15) is 24.0 Å². The van der Waals surface area contributed by atoms with Crippen molar-refractivity contribution in [2.45, 2.75) is 115 Å². The topological polar surface area (TPSA) is 168 Å². The fourth-order valence-electron chi connectivity index (χ4n) is 11.8. The number of nitrogens with zero attached hydrogens (tertiary/aromatic N) is 6. The van der Waals surface area contributed by atoms with E-state index >= 15 is 0 Å². The minimum absolute atomic E-state index is 0.0661. The smallest absolute Gasteiger partial charge is 0.324 e. The van der Waals surface area contributed by atoms with Gasteiger partial charge in [0, 0.05) is 87.3 Å².